The Bertz CT molecular complexity index is 648. The average molecular weight is 297 g/mol. The van der Waals surface area contributed by atoms with Crippen molar-refractivity contribution in [3.05, 3.63) is 33.6 Å². The Morgan fingerprint density at radius 1 is 1.26 bits per heavy atom. The Labute approximate surface area is 119 Å². The molecule has 0 unspecified atom stereocenters. The molecule has 19 heavy (non-hydrogen) atoms. The van der Waals surface area contributed by atoms with Gasteiger partial charge in [-0.05, 0) is 6.07 Å². The second kappa shape index (κ2) is 4.92. The molecule has 2 aromatic rings. The first kappa shape index (κ1) is 12.6. The van der Waals surface area contributed by atoms with E-state index in [-0.39, 0.29) is 0 Å². The third kappa shape index (κ3) is 2.36. The molecule has 3 rings (SSSR count). The monoisotopic (exact) mass is 296 g/mol. The Hall–Kier alpha value is -1.43. The minimum atomic E-state index is 0.402. The van der Waals surface area contributed by atoms with Gasteiger partial charge in [-0.2, -0.15) is 0 Å². The number of nitrogen functional groups attached to an aromatic ring is 1. The summed E-state index contributed by atoms with van der Waals surface area (Å²) in [6, 6.07) is 1.60. The minimum absolute atomic E-state index is 0.402. The molecule has 98 valence electrons. The van der Waals surface area contributed by atoms with Crippen LogP contribution in [0.15, 0.2) is 12.3 Å². The number of hydrogen-bond acceptors (Lipinski definition) is 5. The lowest BCUT2D eigenvalue weighted by atomic mass is 10.1. The quantitative estimate of drug-likeness (QED) is 0.875. The van der Waals surface area contributed by atoms with Gasteiger partial charge in [0, 0.05) is 18.2 Å². The maximum absolute atomic E-state index is 6.11. The van der Waals surface area contributed by atoms with Crippen molar-refractivity contribution in [2.75, 3.05) is 12.3 Å². The van der Waals surface area contributed by atoms with Crippen LogP contribution in [0.1, 0.15) is 11.3 Å². The number of nitrogens with zero attached hydrogens (tertiary/aromatic N) is 3. The lowest BCUT2D eigenvalue weighted by Crippen LogP contribution is -2.16. The van der Waals surface area contributed by atoms with Gasteiger partial charge < -0.3 is 10.5 Å². The van der Waals surface area contributed by atoms with Gasteiger partial charge in [0.15, 0.2) is 5.82 Å². The van der Waals surface area contributed by atoms with E-state index in [2.05, 4.69) is 15.0 Å². The number of hydrogen-bond donors (Lipinski definition) is 1. The van der Waals surface area contributed by atoms with Gasteiger partial charge in [-0.3, -0.25) is 0 Å². The zero-order valence-corrected chi connectivity index (χ0v) is 11.4. The first-order valence-electron chi connectivity index (χ1n) is 5.69. The van der Waals surface area contributed by atoms with E-state index >= 15 is 0 Å². The minimum Gasteiger partial charge on any atom is -0.383 e. The summed E-state index contributed by atoms with van der Waals surface area (Å²) >= 11 is 11.9. The molecule has 0 bridgehead atoms. The third-order valence-corrected chi connectivity index (χ3v) is 3.37. The molecular weight excluding hydrogens is 287 g/mol. The van der Waals surface area contributed by atoms with Crippen LogP contribution in [0.2, 0.25) is 10.0 Å². The number of rotatable bonds is 1. The summed E-state index contributed by atoms with van der Waals surface area (Å²) in [7, 11) is 0. The zero-order valence-electron chi connectivity index (χ0n) is 9.86. The van der Waals surface area contributed by atoms with E-state index < -0.39 is 0 Å². The van der Waals surface area contributed by atoms with Crippen LogP contribution in [0.4, 0.5) is 5.82 Å². The van der Waals surface area contributed by atoms with Gasteiger partial charge in [0.25, 0.3) is 0 Å². The standard InChI is InChI=1S/C12H10Cl2N4O/c13-6-3-8(14)10(16-4-6)12-17-9-1-2-19-5-7(9)11(15)18-12/h3-4H,1-2,5H2,(H2,15,17,18). The predicted octanol–water partition coefficient (Wildman–Crippen LogP) is 2.50. The first-order chi connectivity index (χ1) is 9.15. The molecule has 0 aliphatic carbocycles. The van der Waals surface area contributed by atoms with Gasteiger partial charge in [-0.25, -0.2) is 15.0 Å². The molecule has 5 nitrogen and oxygen atoms in total. The van der Waals surface area contributed by atoms with Crippen LogP contribution in [0.3, 0.4) is 0 Å². The van der Waals surface area contributed by atoms with Crippen molar-refractivity contribution in [2.45, 2.75) is 13.0 Å². The molecule has 0 radical (unpaired) electrons. The maximum Gasteiger partial charge on any atom is 0.181 e. The summed E-state index contributed by atoms with van der Waals surface area (Å²) in [5, 5.41) is 0.868. The first-order valence-corrected chi connectivity index (χ1v) is 6.45. The van der Waals surface area contributed by atoms with Gasteiger partial charge in [0.2, 0.25) is 0 Å². The Balaban J connectivity index is 2.13. The lowest BCUT2D eigenvalue weighted by molar-refractivity contribution is 0.109. The molecule has 1 aliphatic rings. The fraction of sp³-hybridized carbons (Fsp3) is 0.250. The average Bonchev–Trinajstić information content (AvgIpc) is 2.38. The Kier molecular flexibility index (Phi) is 3.26. The van der Waals surface area contributed by atoms with Gasteiger partial charge in [-0.15, -0.1) is 0 Å². The molecule has 1 aliphatic heterocycles. The lowest BCUT2D eigenvalue weighted by Gasteiger charge is -2.17. The summed E-state index contributed by atoms with van der Waals surface area (Å²) in [5.74, 6) is 0.826. The van der Waals surface area contributed by atoms with Gasteiger partial charge >= 0.3 is 0 Å². The van der Waals surface area contributed by atoms with Crippen molar-refractivity contribution >= 4 is 29.0 Å². The molecule has 0 fully saturated rings. The number of fused-ring (bicyclic) bond motifs is 1. The fourth-order valence-corrected chi connectivity index (χ4v) is 2.41. The van der Waals surface area contributed by atoms with Crippen molar-refractivity contribution in [3.63, 3.8) is 0 Å². The van der Waals surface area contributed by atoms with Crippen LogP contribution in [-0.4, -0.2) is 21.6 Å². The molecule has 2 aromatic heterocycles. The number of ether oxygens (including phenoxy) is 1. The van der Waals surface area contributed by atoms with Crippen molar-refractivity contribution < 1.29 is 4.74 Å². The summed E-state index contributed by atoms with van der Waals surface area (Å²) in [6.07, 6.45) is 2.21. The fourth-order valence-electron chi connectivity index (χ4n) is 1.94. The van der Waals surface area contributed by atoms with Crippen LogP contribution in [0, 0.1) is 0 Å². The molecule has 3 heterocycles. The predicted molar refractivity (Wildman–Crippen MR) is 73.1 cm³/mol. The second-order valence-corrected chi connectivity index (χ2v) is 4.99. The molecule has 0 atom stereocenters. The van der Waals surface area contributed by atoms with E-state index in [4.69, 9.17) is 33.7 Å². The van der Waals surface area contributed by atoms with E-state index in [0.717, 1.165) is 11.3 Å². The molecule has 0 saturated heterocycles. The molecule has 2 N–H and O–H groups in total. The molecule has 0 spiro atoms. The van der Waals surface area contributed by atoms with Crippen LogP contribution < -0.4 is 5.73 Å². The second-order valence-electron chi connectivity index (χ2n) is 4.14. The number of pyridine rings is 1. The number of aromatic nitrogens is 3. The van der Waals surface area contributed by atoms with Crippen molar-refractivity contribution in [1.82, 2.24) is 15.0 Å². The van der Waals surface area contributed by atoms with Crippen LogP contribution in [0.5, 0.6) is 0 Å². The van der Waals surface area contributed by atoms with E-state index in [1.54, 1.807) is 6.07 Å². The highest BCUT2D eigenvalue weighted by atomic mass is 35.5. The third-order valence-electron chi connectivity index (χ3n) is 2.87. The molecular formula is C12H10Cl2N4O. The van der Waals surface area contributed by atoms with E-state index in [0.29, 0.717) is 47.0 Å². The van der Waals surface area contributed by atoms with Crippen LogP contribution in [0.25, 0.3) is 11.5 Å². The highest BCUT2D eigenvalue weighted by Crippen LogP contribution is 2.28. The Morgan fingerprint density at radius 2 is 2.11 bits per heavy atom. The summed E-state index contributed by atoms with van der Waals surface area (Å²) in [6.45, 7) is 1.08. The molecule has 7 heteroatoms. The van der Waals surface area contributed by atoms with Crippen LogP contribution >= 0.6 is 23.2 Å². The number of anilines is 1. The topological polar surface area (TPSA) is 73.9 Å². The van der Waals surface area contributed by atoms with Gasteiger partial charge in [0.1, 0.15) is 11.5 Å². The largest absolute Gasteiger partial charge is 0.383 e. The van der Waals surface area contributed by atoms with Crippen molar-refractivity contribution in [3.8, 4) is 11.5 Å². The molecule has 0 amide bonds. The molecule has 0 aromatic carbocycles. The highest BCUT2D eigenvalue weighted by molar-refractivity contribution is 6.35. The van der Waals surface area contributed by atoms with Crippen LogP contribution in [-0.2, 0) is 17.8 Å². The van der Waals surface area contributed by atoms with Gasteiger partial charge in [0.05, 0.1) is 29.0 Å². The van der Waals surface area contributed by atoms with Gasteiger partial charge in [-0.1, -0.05) is 23.2 Å². The zero-order chi connectivity index (χ0) is 13.4. The number of nitrogens with two attached hydrogens (primary N) is 1. The number of halogens is 2. The maximum atomic E-state index is 6.11. The SMILES string of the molecule is Nc1nc(-c2ncc(Cl)cc2Cl)nc2c1COCC2. The summed E-state index contributed by atoms with van der Waals surface area (Å²) < 4.78 is 5.34. The van der Waals surface area contributed by atoms with E-state index in [1.807, 2.05) is 0 Å². The van der Waals surface area contributed by atoms with Crippen molar-refractivity contribution in [1.29, 1.82) is 0 Å². The summed E-state index contributed by atoms with van der Waals surface area (Å²) in [4.78, 5) is 12.9. The highest BCUT2D eigenvalue weighted by Gasteiger charge is 2.19. The van der Waals surface area contributed by atoms with E-state index in [9.17, 15) is 0 Å². The smallest absolute Gasteiger partial charge is 0.181 e. The normalized spacial score (nSPS) is 14.2. The summed E-state index contributed by atoms with van der Waals surface area (Å²) in [5.41, 5.74) is 8.15. The Morgan fingerprint density at radius 3 is 2.89 bits per heavy atom. The van der Waals surface area contributed by atoms with Crippen molar-refractivity contribution in [2.24, 2.45) is 0 Å². The van der Waals surface area contributed by atoms with E-state index in [1.165, 1.54) is 6.20 Å². The molecule has 0 saturated carbocycles.